The Labute approximate surface area is 109 Å². The van der Waals surface area contributed by atoms with Gasteiger partial charge in [-0.1, -0.05) is 6.07 Å². The van der Waals surface area contributed by atoms with Crippen molar-refractivity contribution < 1.29 is 4.79 Å². The van der Waals surface area contributed by atoms with Crippen LogP contribution in [0.3, 0.4) is 0 Å². The van der Waals surface area contributed by atoms with Crippen LogP contribution in [-0.2, 0) is 11.3 Å². The largest absolute Gasteiger partial charge is 0.367 e. The summed E-state index contributed by atoms with van der Waals surface area (Å²) in [7, 11) is 0. The Balaban J connectivity index is 1.98. The quantitative estimate of drug-likeness (QED) is 0.810. The minimum atomic E-state index is -0.168. The maximum atomic E-state index is 11.7. The lowest BCUT2D eigenvalue weighted by Crippen LogP contribution is -2.19. The molecule has 0 aliphatic rings. The van der Waals surface area contributed by atoms with Crippen LogP contribution in [0.1, 0.15) is 0 Å². The number of aromatic nitrogens is 3. The fourth-order valence-electron chi connectivity index (χ4n) is 1.43. The molecule has 1 amide bonds. The number of carbonyl (C=O) groups excluding carboxylic acids is 1. The average Bonchev–Trinajstić information content (AvgIpc) is 2.74. The van der Waals surface area contributed by atoms with Gasteiger partial charge < -0.3 is 11.1 Å². The third kappa shape index (κ3) is 3.24. The Morgan fingerprint density at radius 2 is 2.39 bits per heavy atom. The Hall–Kier alpha value is -2.02. The third-order valence-corrected chi connectivity index (χ3v) is 2.94. The van der Waals surface area contributed by atoms with Crippen LogP contribution >= 0.6 is 11.8 Å². The number of nitrogen functional groups attached to an aromatic ring is 1. The summed E-state index contributed by atoms with van der Waals surface area (Å²) in [6.45, 7) is 0.0910. The summed E-state index contributed by atoms with van der Waals surface area (Å²) < 4.78 is 1.39. The zero-order chi connectivity index (χ0) is 13.0. The van der Waals surface area contributed by atoms with Crippen molar-refractivity contribution in [2.45, 2.75) is 11.4 Å². The number of anilines is 2. The molecule has 1 aromatic heterocycles. The van der Waals surface area contributed by atoms with Crippen molar-refractivity contribution in [1.82, 2.24) is 14.8 Å². The second-order valence-corrected chi connectivity index (χ2v) is 4.46. The SMILES string of the molecule is CSc1cccc(NC(=O)Cn2cnc(N)n2)c1. The molecular weight excluding hydrogens is 250 g/mol. The van der Waals surface area contributed by atoms with Gasteiger partial charge in [0, 0.05) is 10.6 Å². The molecule has 0 aliphatic heterocycles. The second-order valence-electron chi connectivity index (χ2n) is 3.58. The summed E-state index contributed by atoms with van der Waals surface area (Å²) in [5.41, 5.74) is 6.13. The standard InChI is InChI=1S/C11H13N5OS/c1-18-9-4-2-3-8(5-9)14-10(17)6-16-7-13-11(12)15-16/h2-5,7H,6H2,1H3,(H2,12,15)(H,14,17). The van der Waals surface area contributed by atoms with E-state index in [-0.39, 0.29) is 18.4 Å². The Morgan fingerprint density at radius 1 is 1.56 bits per heavy atom. The fourth-order valence-corrected chi connectivity index (χ4v) is 1.89. The van der Waals surface area contributed by atoms with E-state index in [9.17, 15) is 4.79 Å². The topological polar surface area (TPSA) is 85.8 Å². The Bertz CT molecular complexity index is 554. The molecule has 0 fully saturated rings. The average molecular weight is 263 g/mol. The minimum absolute atomic E-state index is 0.0910. The number of amides is 1. The normalized spacial score (nSPS) is 10.3. The van der Waals surface area contributed by atoms with Crippen LogP contribution in [0.4, 0.5) is 11.6 Å². The first-order valence-corrected chi connectivity index (χ1v) is 6.48. The summed E-state index contributed by atoms with van der Waals surface area (Å²) in [5.74, 6) is -0.00895. The van der Waals surface area contributed by atoms with Gasteiger partial charge in [-0.05, 0) is 24.5 Å². The van der Waals surface area contributed by atoms with Crippen molar-refractivity contribution in [3.05, 3.63) is 30.6 Å². The molecule has 0 atom stereocenters. The van der Waals surface area contributed by atoms with Crippen LogP contribution in [0.25, 0.3) is 0 Å². The van der Waals surface area contributed by atoms with Crippen molar-refractivity contribution in [3.63, 3.8) is 0 Å². The van der Waals surface area contributed by atoms with E-state index in [1.54, 1.807) is 11.8 Å². The third-order valence-electron chi connectivity index (χ3n) is 2.21. The molecule has 94 valence electrons. The van der Waals surface area contributed by atoms with Gasteiger partial charge in [0.05, 0.1) is 0 Å². The van der Waals surface area contributed by atoms with Crippen molar-refractivity contribution in [1.29, 1.82) is 0 Å². The van der Waals surface area contributed by atoms with E-state index in [1.807, 2.05) is 30.5 Å². The van der Waals surface area contributed by atoms with Crippen LogP contribution in [0.5, 0.6) is 0 Å². The molecule has 0 saturated heterocycles. The van der Waals surface area contributed by atoms with Gasteiger partial charge in [-0.2, -0.15) is 0 Å². The van der Waals surface area contributed by atoms with E-state index in [2.05, 4.69) is 15.4 Å². The zero-order valence-electron chi connectivity index (χ0n) is 9.83. The monoisotopic (exact) mass is 263 g/mol. The summed E-state index contributed by atoms with van der Waals surface area (Å²) >= 11 is 1.62. The summed E-state index contributed by atoms with van der Waals surface area (Å²) in [6, 6.07) is 7.64. The smallest absolute Gasteiger partial charge is 0.246 e. The Morgan fingerprint density at radius 3 is 3.06 bits per heavy atom. The molecule has 1 aromatic carbocycles. The van der Waals surface area contributed by atoms with Gasteiger partial charge in [0.25, 0.3) is 0 Å². The lowest BCUT2D eigenvalue weighted by Gasteiger charge is -2.06. The number of hydrogen-bond acceptors (Lipinski definition) is 5. The highest BCUT2D eigenvalue weighted by molar-refractivity contribution is 7.98. The molecule has 0 spiro atoms. The number of carbonyl (C=O) groups is 1. The van der Waals surface area contributed by atoms with E-state index < -0.39 is 0 Å². The molecule has 1 heterocycles. The highest BCUT2D eigenvalue weighted by atomic mass is 32.2. The molecule has 3 N–H and O–H groups in total. The zero-order valence-corrected chi connectivity index (χ0v) is 10.6. The molecule has 7 heteroatoms. The van der Waals surface area contributed by atoms with E-state index in [0.717, 1.165) is 10.6 Å². The van der Waals surface area contributed by atoms with Gasteiger partial charge in [0.2, 0.25) is 11.9 Å². The minimum Gasteiger partial charge on any atom is -0.367 e. The van der Waals surface area contributed by atoms with Gasteiger partial charge in [-0.15, -0.1) is 16.9 Å². The second kappa shape index (κ2) is 5.54. The van der Waals surface area contributed by atoms with Crippen molar-refractivity contribution in [2.24, 2.45) is 0 Å². The van der Waals surface area contributed by atoms with Gasteiger partial charge in [0.15, 0.2) is 0 Å². The lowest BCUT2D eigenvalue weighted by atomic mass is 10.3. The van der Waals surface area contributed by atoms with Gasteiger partial charge >= 0.3 is 0 Å². The van der Waals surface area contributed by atoms with E-state index in [4.69, 9.17) is 5.73 Å². The maximum Gasteiger partial charge on any atom is 0.246 e. The number of nitrogens with one attached hydrogen (secondary N) is 1. The van der Waals surface area contributed by atoms with Crippen LogP contribution < -0.4 is 11.1 Å². The molecule has 2 rings (SSSR count). The van der Waals surface area contributed by atoms with E-state index >= 15 is 0 Å². The van der Waals surface area contributed by atoms with Crippen LogP contribution in [0, 0.1) is 0 Å². The number of hydrogen-bond donors (Lipinski definition) is 2. The molecule has 18 heavy (non-hydrogen) atoms. The molecule has 2 aromatic rings. The van der Waals surface area contributed by atoms with E-state index in [0.29, 0.717) is 0 Å². The number of nitrogens with two attached hydrogens (primary N) is 1. The molecular formula is C11H13N5OS. The molecule has 0 unspecified atom stereocenters. The van der Waals surface area contributed by atoms with Gasteiger partial charge in [0.1, 0.15) is 12.9 Å². The highest BCUT2D eigenvalue weighted by Gasteiger charge is 2.05. The fraction of sp³-hybridized carbons (Fsp3) is 0.182. The summed E-state index contributed by atoms with van der Waals surface area (Å²) in [6.07, 6.45) is 3.41. The predicted molar refractivity (Wildman–Crippen MR) is 71.3 cm³/mol. The molecule has 0 aliphatic carbocycles. The summed E-state index contributed by atoms with van der Waals surface area (Å²) in [5, 5.41) is 6.64. The molecule has 0 radical (unpaired) electrons. The highest BCUT2D eigenvalue weighted by Crippen LogP contribution is 2.18. The predicted octanol–water partition coefficient (Wildman–Crippen LogP) is 1.22. The number of benzene rings is 1. The lowest BCUT2D eigenvalue weighted by molar-refractivity contribution is -0.116. The summed E-state index contributed by atoms with van der Waals surface area (Å²) in [4.78, 5) is 16.6. The van der Waals surface area contributed by atoms with Crippen molar-refractivity contribution >= 4 is 29.3 Å². The number of nitrogens with zero attached hydrogens (tertiary/aromatic N) is 3. The van der Waals surface area contributed by atoms with Crippen LogP contribution in [-0.4, -0.2) is 26.9 Å². The molecule has 6 nitrogen and oxygen atoms in total. The number of rotatable bonds is 4. The molecule has 0 saturated carbocycles. The van der Waals surface area contributed by atoms with Gasteiger partial charge in [-0.25, -0.2) is 9.67 Å². The Kier molecular flexibility index (Phi) is 3.83. The first-order chi connectivity index (χ1) is 8.67. The maximum absolute atomic E-state index is 11.7. The van der Waals surface area contributed by atoms with Gasteiger partial charge in [-0.3, -0.25) is 4.79 Å². The van der Waals surface area contributed by atoms with Crippen LogP contribution in [0.2, 0.25) is 0 Å². The first kappa shape index (κ1) is 12.4. The number of thioether (sulfide) groups is 1. The van der Waals surface area contributed by atoms with Crippen molar-refractivity contribution in [3.8, 4) is 0 Å². The first-order valence-electron chi connectivity index (χ1n) is 5.26. The van der Waals surface area contributed by atoms with Crippen LogP contribution in [0.15, 0.2) is 35.5 Å². The van der Waals surface area contributed by atoms with E-state index in [1.165, 1.54) is 11.0 Å². The molecule has 0 bridgehead atoms. The van der Waals surface area contributed by atoms with Crippen molar-refractivity contribution in [2.75, 3.05) is 17.3 Å².